The lowest BCUT2D eigenvalue weighted by Crippen LogP contribution is -2.29. The highest BCUT2D eigenvalue weighted by Crippen LogP contribution is 2.30. The number of carboxylic acids is 1. The number of hydrogen-bond donors (Lipinski definition) is 2. The van der Waals surface area contributed by atoms with Crippen LogP contribution < -0.4 is 5.48 Å². The Bertz CT molecular complexity index is 460. The van der Waals surface area contributed by atoms with Crippen LogP contribution in [0.2, 0.25) is 0 Å². The molecule has 2 N–H and O–H groups in total. The van der Waals surface area contributed by atoms with Gasteiger partial charge in [0.2, 0.25) is 5.84 Å². The van der Waals surface area contributed by atoms with E-state index < -0.39 is 18.2 Å². The van der Waals surface area contributed by atoms with Gasteiger partial charge in [0.05, 0.1) is 13.0 Å². The topological polar surface area (TPSA) is 97.2 Å². The van der Waals surface area contributed by atoms with Crippen molar-refractivity contribution in [2.24, 2.45) is 16.8 Å². The number of nitrogens with zero attached hydrogens (tertiary/aromatic N) is 1. The van der Waals surface area contributed by atoms with Crippen molar-refractivity contribution in [1.82, 2.24) is 5.48 Å². The van der Waals surface area contributed by atoms with E-state index >= 15 is 0 Å². The minimum absolute atomic E-state index is 0.0172. The van der Waals surface area contributed by atoms with Gasteiger partial charge < -0.3 is 9.84 Å². The van der Waals surface area contributed by atoms with E-state index in [0.717, 1.165) is 25.2 Å². The number of hydrogen-bond acceptors (Lipinski definition) is 6. The van der Waals surface area contributed by atoms with Gasteiger partial charge in [-0.15, -0.1) is 0 Å². The molecule has 1 heterocycles. The summed E-state index contributed by atoms with van der Waals surface area (Å²) in [5.41, 5.74) is 2.47. The van der Waals surface area contributed by atoms with E-state index in [4.69, 9.17) is 14.7 Å². The first-order valence-corrected chi connectivity index (χ1v) is 8.98. The average Bonchev–Trinajstić information content (AvgIpc) is 3.05. The Balaban J connectivity index is 1.85. The predicted molar refractivity (Wildman–Crippen MR) is 88.2 cm³/mol. The summed E-state index contributed by atoms with van der Waals surface area (Å²) in [5, 5.41) is 9.14. The molecule has 0 aromatic rings. The van der Waals surface area contributed by atoms with Crippen LogP contribution in [0.5, 0.6) is 0 Å². The Labute approximate surface area is 142 Å². The van der Waals surface area contributed by atoms with Gasteiger partial charge in [0.1, 0.15) is 0 Å². The lowest BCUT2D eigenvalue weighted by Gasteiger charge is -2.23. The molecule has 136 valence electrons. The van der Waals surface area contributed by atoms with E-state index in [-0.39, 0.29) is 24.8 Å². The van der Waals surface area contributed by atoms with Crippen molar-refractivity contribution in [3.8, 4) is 0 Å². The van der Waals surface area contributed by atoms with Crippen molar-refractivity contribution >= 4 is 17.8 Å². The second-order valence-electron chi connectivity index (χ2n) is 6.60. The quantitative estimate of drug-likeness (QED) is 0.626. The van der Waals surface area contributed by atoms with Crippen molar-refractivity contribution in [2.75, 3.05) is 6.61 Å². The van der Waals surface area contributed by atoms with E-state index in [0.29, 0.717) is 0 Å². The number of amidine groups is 1. The highest BCUT2D eigenvalue weighted by molar-refractivity contribution is 6.35. The fourth-order valence-electron chi connectivity index (χ4n) is 3.51. The molecular formula is C17H28N2O5. The number of carbonyl (C=O) groups excluding carboxylic acids is 1. The van der Waals surface area contributed by atoms with Crippen molar-refractivity contribution in [3.05, 3.63) is 0 Å². The van der Waals surface area contributed by atoms with Crippen LogP contribution >= 0.6 is 0 Å². The molecule has 0 bridgehead atoms. The van der Waals surface area contributed by atoms with Gasteiger partial charge in [-0.3, -0.25) is 4.79 Å². The van der Waals surface area contributed by atoms with Gasteiger partial charge in [0.15, 0.2) is 6.23 Å². The molecule has 0 saturated heterocycles. The number of nitrogens with one attached hydrogen (secondary N) is 1. The minimum Gasteiger partial charge on any atom is -0.481 e. The maximum atomic E-state index is 11.6. The standard InChI is InChI=1S/C17H28N2O5/c1-2-23-17(22)15-18-16(24-19-15)13(11-14(20)21)10-6-9-12-7-4-3-5-8-12/h12-13,16H,2-11H2,1H3,(H,18,19)(H,20,21)/t13-,16?/m1/s1. The van der Waals surface area contributed by atoms with Gasteiger partial charge in [0.25, 0.3) is 0 Å². The SMILES string of the molecule is CCOC(=O)C1=NC([C@H](CCCC2CCCCC2)CC(=O)O)ON1. The number of esters is 1. The van der Waals surface area contributed by atoms with Crippen molar-refractivity contribution in [2.45, 2.75) is 70.9 Å². The third-order valence-electron chi connectivity index (χ3n) is 4.75. The first-order chi connectivity index (χ1) is 11.6. The van der Waals surface area contributed by atoms with Crippen LogP contribution in [0.25, 0.3) is 0 Å². The highest BCUT2D eigenvalue weighted by atomic mass is 16.7. The Morgan fingerprint density at radius 3 is 2.79 bits per heavy atom. The number of carbonyl (C=O) groups is 2. The lowest BCUT2D eigenvalue weighted by molar-refractivity contribution is -0.140. The van der Waals surface area contributed by atoms with E-state index in [1.54, 1.807) is 6.92 Å². The molecule has 1 fully saturated rings. The first-order valence-electron chi connectivity index (χ1n) is 8.98. The molecule has 0 aromatic carbocycles. The second kappa shape index (κ2) is 9.61. The minimum atomic E-state index is -0.874. The second-order valence-corrected chi connectivity index (χ2v) is 6.60. The fourth-order valence-corrected chi connectivity index (χ4v) is 3.51. The van der Waals surface area contributed by atoms with Crippen LogP contribution in [-0.4, -0.2) is 35.7 Å². The first kappa shape index (κ1) is 18.7. The monoisotopic (exact) mass is 340 g/mol. The fraction of sp³-hybridized carbons (Fsp3) is 0.824. The summed E-state index contributed by atoms with van der Waals surface area (Å²) in [7, 11) is 0. The molecule has 0 amide bonds. The molecular weight excluding hydrogens is 312 g/mol. The van der Waals surface area contributed by atoms with E-state index in [1.807, 2.05) is 0 Å². The van der Waals surface area contributed by atoms with Gasteiger partial charge in [-0.1, -0.05) is 44.9 Å². The predicted octanol–water partition coefficient (Wildman–Crippen LogP) is 2.65. The molecule has 1 unspecified atom stereocenters. The van der Waals surface area contributed by atoms with Crippen LogP contribution in [0, 0.1) is 11.8 Å². The number of aliphatic carboxylic acids is 1. The number of rotatable bonds is 9. The molecule has 0 spiro atoms. The number of aliphatic imine (C=N–C) groups is 1. The molecule has 1 aliphatic carbocycles. The molecule has 7 heteroatoms. The van der Waals surface area contributed by atoms with E-state index in [2.05, 4.69) is 10.5 Å². The summed E-state index contributed by atoms with van der Waals surface area (Å²) in [4.78, 5) is 32.3. The number of carboxylic acid groups (broad SMARTS) is 1. The molecule has 0 radical (unpaired) electrons. The zero-order chi connectivity index (χ0) is 17.4. The van der Waals surface area contributed by atoms with Crippen molar-refractivity contribution < 1.29 is 24.3 Å². The lowest BCUT2D eigenvalue weighted by atomic mass is 9.84. The maximum Gasteiger partial charge on any atom is 0.375 e. The molecule has 24 heavy (non-hydrogen) atoms. The molecule has 1 aliphatic heterocycles. The molecule has 0 aromatic heterocycles. The van der Waals surface area contributed by atoms with Crippen LogP contribution in [0.1, 0.15) is 64.7 Å². The molecule has 7 nitrogen and oxygen atoms in total. The van der Waals surface area contributed by atoms with Crippen LogP contribution in [0.15, 0.2) is 4.99 Å². The Morgan fingerprint density at radius 1 is 1.38 bits per heavy atom. The Hall–Kier alpha value is -1.63. The van der Waals surface area contributed by atoms with Gasteiger partial charge in [-0.25, -0.2) is 20.1 Å². The van der Waals surface area contributed by atoms with Crippen LogP contribution in [0.4, 0.5) is 0 Å². The third-order valence-corrected chi connectivity index (χ3v) is 4.75. The van der Waals surface area contributed by atoms with Gasteiger partial charge in [-0.2, -0.15) is 0 Å². The smallest absolute Gasteiger partial charge is 0.375 e. The van der Waals surface area contributed by atoms with Gasteiger partial charge >= 0.3 is 11.9 Å². The molecule has 2 aliphatic rings. The molecule has 2 atom stereocenters. The number of ether oxygens (including phenoxy) is 1. The van der Waals surface area contributed by atoms with E-state index in [1.165, 1.54) is 32.1 Å². The highest BCUT2D eigenvalue weighted by Gasteiger charge is 2.32. The molecule has 2 rings (SSSR count). The van der Waals surface area contributed by atoms with Crippen molar-refractivity contribution in [3.63, 3.8) is 0 Å². The van der Waals surface area contributed by atoms with Crippen LogP contribution in [0.3, 0.4) is 0 Å². The van der Waals surface area contributed by atoms with Gasteiger partial charge in [-0.05, 0) is 19.3 Å². The summed E-state index contributed by atoms with van der Waals surface area (Å²) in [6, 6.07) is 0. The normalized spacial score (nSPS) is 22.5. The summed E-state index contributed by atoms with van der Waals surface area (Å²) < 4.78 is 4.87. The Morgan fingerprint density at radius 2 is 2.12 bits per heavy atom. The molecule has 1 saturated carbocycles. The Kier molecular flexibility index (Phi) is 7.49. The number of hydroxylamine groups is 1. The van der Waals surface area contributed by atoms with Crippen LogP contribution in [-0.2, 0) is 19.2 Å². The third kappa shape index (κ3) is 5.78. The van der Waals surface area contributed by atoms with Crippen molar-refractivity contribution in [1.29, 1.82) is 0 Å². The largest absolute Gasteiger partial charge is 0.481 e. The summed E-state index contributed by atoms with van der Waals surface area (Å²) in [6.07, 6.45) is 8.70. The maximum absolute atomic E-state index is 11.6. The summed E-state index contributed by atoms with van der Waals surface area (Å²) in [6.45, 7) is 1.97. The zero-order valence-corrected chi connectivity index (χ0v) is 14.3. The van der Waals surface area contributed by atoms with Gasteiger partial charge in [0, 0.05) is 5.92 Å². The van der Waals surface area contributed by atoms with E-state index in [9.17, 15) is 9.59 Å². The zero-order valence-electron chi connectivity index (χ0n) is 14.3. The average molecular weight is 340 g/mol. The summed E-state index contributed by atoms with van der Waals surface area (Å²) in [5.74, 6) is -0.905. The summed E-state index contributed by atoms with van der Waals surface area (Å²) >= 11 is 0.